The summed E-state index contributed by atoms with van der Waals surface area (Å²) in [5.41, 5.74) is 2.57. The monoisotopic (exact) mass is 133 g/mol. The van der Waals surface area contributed by atoms with Crippen molar-refractivity contribution in [3.8, 4) is 5.75 Å². The maximum absolute atomic E-state index is 9.08. The van der Waals surface area contributed by atoms with Crippen LogP contribution in [0.25, 0.3) is 0 Å². The summed E-state index contributed by atoms with van der Waals surface area (Å²) in [7, 11) is 0. The molecule has 1 radical (unpaired) electrons. The summed E-state index contributed by atoms with van der Waals surface area (Å²) >= 11 is 0. The zero-order valence-electron chi connectivity index (χ0n) is 5.67. The highest BCUT2D eigenvalue weighted by atomic mass is 16.3. The van der Waals surface area contributed by atoms with E-state index in [9.17, 15) is 0 Å². The minimum absolute atomic E-state index is 0.372. The quantitative estimate of drug-likeness (QED) is 0.573. The largest absolute Gasteiger partial charge is 0.508 e. The molecule has 1 aliphatic carbocycles. The molecule has 2 rings (SSSR count). The molecule has 1 nitrogen and oxygen atoms in total. The van der Waals surface area contributed by atoms with Crippen molar-refractivity contribution in [2.24, 2.45) is 0 Å². The van der Waals surface area contributed by atoms with Gasteiger partial charge in [0.05, 0.1) is 0 Å². The highest BCUT2D eigenvalue weighted by Crippen LogP contribution is 2.26. The van der Waals surface area contributed by atoms with Crippen LogP contribution < -0.4 is 0 Å². The van der Waals surface area contributed by atoms with Gasteiger partial charge >= 0.3 is 0 Å². The summed E-state index contributed by atoms with van der Waals surface area (Å²) in [5.74, 6) is 0.372. The van der Waals surface area contributed by atoms with Gasteiger partial charge in [-0.1, -0.05) is 6.07 Å². The molecule has 0 atom stereocenters. The molecule has 1 aliphatic rings. The minimum Gasteiger partial charge on any atom is -0.508 e. The van der Waals surface area contributed by atoms with E-state index >= 15 is 0 Å². The molecule has 1 aromatic rings. The average Bonchev–Trinajstić information content (AvgIpc) is 2.33. The average molecular weight is 133 g/mol. The predicted molar refractivity (Wildman–Crippen MR) is 39.8 cm³/mol. The lowest BCUT2D eigenvalue weighted by molar-refractivity contribution is 0.475. The van der Waals surface area contributed by atoms with E-state index in [1.165, 1.54) is 11.1 Å². The summed E-state index contributed by atoms with van der Waals surface area (Å²) in [6.07, 6.45) is 4.42. The summed E-state index contributed by atoms with van der Waals surface area (Å²) < 4.78 is 0. The first-order chi connectivity index (χ1) is 4.86. The lowest BCUT2D eigenvalue weighted by Crippen LogP contribution is -1.78. The van der Waals surface area contributed by atoms with Crippen molar-refractivity contribution in [3.05, 3.63) is 35.7 Å². The lowest BCUT2D eigenvalue weighted by atomic mass is 10.1. The Hall–Kier alpha value is -0.980. The van der Waals surface area contributed by atoms with Crippen molar-refractivity contribution in [2.45, 2.75) is 12.8 Å². The molecule has 1 N–H and O–H groups in total. The van der Waals surface area contributed by atoms with E-state index in [2.05, 4.69) is 6.42 Å². The second-order valence-electron chi connectivity index (χ2n) is 2.63. The fourth-order valence-corrected chi connectivity index (χ4v) is 1.38. The zero-order chi connectivity index (χ0) is 6.97. The Balaban J connectivity index is 2.52. The van der Waals surface area contributed by atoms with Crippen LogP contribution in [0.15, 0.2) is 18.2 Å². The van der Waals surface area contributed by atoms with Gasteiger partial charge in [-0.3, -0.25) is 0 Å². The van der Waals surface area contributed by atoms with Crippen LogP contribution in [0.1, 0.15) is 17.5 Å². The van der Waals surface area contributed by atoms with Gasteiger partial charge in [0.1, 0.15) is 5.75 Å². The van der Waals surface area contributed by atoms with E-state index in [1.54, 1.807) is 6.07 Å². The molecular formula is C9H9O. The molecule has 10 heavy (non-hydrogen) atoms. The third-order valence-electron chi connectivity index (χ3n) is 1.91. The van der Waals surface area contributed by atoms with Gasteiger partial charge in [0.15, 0.2) is 0 Å². The molecule has 0 unspecified atom stereocenters. The second kappa shape index (κ2) is 2.01. The molecule has 1 aromatic carbocycles. The lowest BCUT2D eigenvalue weighted by Gasteiger charge is -1.97. The number of fused-ring (bicyclic) bond motifs is 1. The van der Waals surface area contributed by atoms with E-state index in [-0.39, 0.29) is 0 Å². The van der Waals surface area contributed by atoms with Crippen molar-refractivity contribution in [1.29, 1.82) is 0 Å². The highest BCUT2D eigenvalue weighted by molar-refractivity contribution is 5.42. The Labute approximate surface area is 60.3 Å². The van der Waals surface area contributed by atoms with E-state index in [0.29, 0.717) is 5.75 Å². The van der Waals surface area contributed by atoms with Crippen molar-refractivity contribution in [1.82, 2.24) is 0 Å². The number of phenolic OH excluding ortho intramolecular Hbond substituents is 1. The number of benzene rings is 1. The van der Waals surface area contributed by atoms with Gasteiger partial charge in [0, 0.05) is 0 Å². The zero-order valence-corrected chi connectivity index (χ0v) is 5.67. The van der Waals surface area contributed by atoms with E-state index in [4.69, 9.17) is 5.11 Å². The molecule has 0 bridgehead atoms. The van der Waals surface area contributed by atoms with Gasteiger partial charge in [-0.15, -0.1) is 0 Å². The van der Waals surface area contributed by atoms with E-state index in [0.717, 1.165) is 12.8 Å². The van der Waals surface area contributed by atoms with Crippen molar-refractivity contribution >= 4 is 0 Å². The van der Waals surface area contributed by atoms with Crippen molar-refractivity contribution < 1.29 is 5.11 Å². The van der Waals surface area contributed by atoms with Crippen molar-refractivity contribution in [3.63, 3.8) is 0 Å². The standard InChI is InChI=1S/C9H9O/c10-9-5-4-7-2-1-3-8(7)6-9/h3-6,10H,1-2H2. The van der Waals surface area contributed by atoms with Gasteiger partial charge in [0.2, 0.25) is 0 Å². The van der Waals surface area contributed by atoms with Crippen LogP contribution in [0.4, 0.5) is 0 Å². The smallest absolute Gasteiger partial charge is 0.115 e. The van der Waals surface area contributed by atoms with Gasteiger partial charge in [-0.25, -0.2) is 0 Å². The first kappa shape index (κ1) is 5.78. The van der Waals surface area contributed by atoms with E-state index < -0.39 is 0 Å². The van der Waals surface area contributed by atoms with E-state index in [1.807, 2.05) is 12.1 Å². The SMILES string of the molecule is Oc1ccc2c(c1)[CH]CC2. The number of hydrogen-bond donors (Lipinski definition) is 1. The Morgan fingerprint density at radius 1 is 1.30 bits per heavy atom. The number of hydrogen-bond acceptors (Lipinski definition) is 1. The third-order valence-corrected chi connectivity index (χ3v) is 1.91. The molecule has 0 aromatic heterocycles. The highest BCUT2D eigenvalue weighted by Gasteiger charge is 2.09. The normalized spacial score (nSPS) is 15.2. The predicted octanol–water partition coefficient (Wildman–Crippen LogP) is 1.89. The molecule has 0 heterocycles. The number of rotatable bonds is 0. The third kappa shape index (κ3) is 0.783. The van der Waals surface area contributed by atoms with Crippen LogP contribution in [0, 0.1) is 6.42 Å². The summed E-state index contributed by atoms with van der Waals surface area (Å²) in [5, 5.41) is 9.08. The molecule has 51 valence electrons. The van der Waals surface area contributed by atoms with Crippen LogP contribution in [-0.4, -0.2) is 5.11 Å². The van der Waals surface area contributed by atoms with Crippen LogP contribution in [-0.2, 0) is 6.42 Å². The fraction of sp³-hybridized carbons (Fsp3) is 0.222. The maximum Gasteiger partial charge on any atom is 0.115 e. The van der Waals surface area contributed by atoms with Gasteiger partial charge < -0.3 is 5.11 Å². The molecule has 0 saturated heterocycles. The number of aromatic hydroxyl groups is 1. The molecule has 0 fully saturated rings. The summed E-state index contributed by atoms with van der Waals surface area (Å²) in [6, 6.07) is 5.56. The fourth-order valence-electron chi connectivity index (χ4n) is 1.38. The molecule has 1 heteroatoms. The number of phenols is 1. The molecule has 0 aliphatic heterocycles. The summed E-state index contributed by atoms with van der Waals surface area (Å²) in [4.78, 5) is 0. The van der Waals surface area contributed by atoms with Crippen LogP contribution in [0.2, 0.25) is 0 Å². The topological polar surface area (TPSA) is 20.2 Å². The van der Waals surface area contributed by atoms with Gasteiger partial charge in [0.25, 0.3) is 0 Å². The van der Waals surface area contributed by atoms with Crippen LogP contribution in [0.3, 0.4) is 0 Å². The Morgan fingerprint density at radius 3 is 3.10 bits per heavy atom. The molecule has 0 saturated carbocycles. The first-order valence-electron chi connectivity index (χ1n) is 3.51. The Bertz CT molecular complexity index is 253. The van der Waals surface area contributed by atoms with Gasteiger partial charge in [-0.2, -0.15) is 0 Å². The first-order valence-corrected chi connectivity index (χ1v) is 3.51. The Kier molecular flexibility index (Phi) is 1.16. The van der Waals surface area contributed by atoms with Gasteiger partial charge in [-0.05, 0) is 42.5 Å². The number of aryl methyl sites for hydroxylation is 1. The molecule has 0 spiro atoms. The molecular weight excluding hydrogens is 124 g/mol. The van der Waals surface area contributed by atoms with Crippen molar-refractivity contribution in [2.75, 3.05) is 0 Å². The molecule has 0 amide bonds. The second-order valence-corrected chi connectivity index (χ2v) is 2.63. The maximum atomic E-state index is 9.08. The Morgan fingerprint density at radius 2 is 2.20 bits per heavy atom. The van der Waals surface area contributed by atoms with Crippen LogP contribution >= 0.6 is 0 Å². The minimum atomic E-state index is 0.372. The van der Waals surface area contributed by atoms with Crippen LogP contribution in [0.5, 0.6) is 5.75 Å². The summed E-state index contributed by atoms with van der Waals surface area (Å²) in [6.45, 7) is 0.